The van der Waals surface area contributed by atoms with Crippen molar-refractivity contribution in [2.24, 2.45) is 0 Å². The van der Waals surface area contributed by atoms with Gasteiger partial charge in [-0.05, 0) is 35.7 Å². The van der Waals surface area contributed by atoms with E-state index < -0.39 is 0 Å². The van der Waals surface area contributed by atoms with Gasteiger partial charge in [-0.3, -0.25) is 8.97 Å². The van der Waals surface area contributed by atoms with Crippen LogP contribution in [0.5, 0.6) is 0 Å². The summed E-state index contributed by atoms with van der Waals surface area (Å²) >= 11 is 1.86. The first kappa shape index (κ1) is 19.5. The van der Waals surface area contributed by atoms with Crippen LogP contribution in [0, 0.1) is 0 Å². The second-order valence-corrected chi connectivity index (χ2v) is 10.7. The molecular formula is C33H19N3S. The highest BCUT2D eigenvalue weighted by molar-refractivity contribution is 7.25. The number of imidazole rings is 1. The second kappa shape index (κ2) is 6.96. The van der Waals surface area contributed by atoms with E-state index in [1.807, 2.05) is 11.3 Å². The molecule has 0 bridgehead atoms. The van der Waals surface area contributed by atoms with Crippen molar-refractivity contribution in [2.75, 3.05) is 0 Å². The average Bonchev–Trinajstić information content (AvgIpc) is 3.62. The molecule has 4 heteroatoms. The van der Waals surface area contributed by atoms with Crippen LogP contribution >= 0.6 is 11.3 Å². The van der Waals surface area contributed by atoms with Crippen LogP contribution in [-0.2, 0) is 0 Å². The third kappa shape index (κ3) is 2.43. The lowest BCUT2D eigenvalue weighted by Gasteiger charge is -2.13. The van der Waals surface area contributed by atoms with Crippen molar-refractivity contribution in [3.05, 3.63) is 115 Å². The minimum atomic E-state index is 1.00. The van der Waals surface area contributed by atoms with Crippen LogP contribution in [0.1, 0.15) is 0 Å². The summed E-state index contributed by atoms with van der Waals surface area (Å²) in [5, 5.41) is 7.41. The fraction of sp³-hybridized carbons (Fsp3) is 0. The third-order valence-corrected chi connectivity index (χ3v) is 8.83. The van der Waals surface area contributed by atoms with Crippen molar-refractivity contribution in [1.29, 1.82) is 0 Å². The molecule has 0 saturated carbocycles. The summed E-state index contributed by atoms with van der Waals surface area (Å²) in [6.07, 6.45) is 0. The first-order valence-electron chi connectivity index (χ1n) is 12.5. The maximum atomic E-state index is 5.34. The van der Waals surface area contributed by atoms with Gasteiger partial charge in [0, 0.05) is 36.3 Å². The summed E-state index contributed by atoms with van der Waals surface area (Å²) in [5.41, 5.74) is 6.69. The van der Waals surface area contributed by atoms with Gasteiger partial charge in [0.2, 0.25) is 0 Å². The van der Waals surface area contributed by atoms with Gasteiger partial charge in [-0.15, -0.1) is 11.3 Å². The Labute approximate surface area is 215 Å². The highest BCUT2D eigenvalue weighted by atomic mass is 32.1. The molecule has 0 aliphatic heterocycles. The Kier molecular flexibility index (Phi) is 3.67. The Morgan fingerprint density at radius 3 is 2.03 bits per heavy atom. The summed E-state index contributed by atoms with van der Waals surface area (Å²) < 4.78 is 7.43. The molecule has 0 spiro atoms. The molecule has 4 aromatic heterocycles. The second-order valence-electron chi connectivity index (χ2n) is 9.61. The van der Waals surface area contributed by atoms with E-state index in [9.17, 15) is 0 Å². The Bertz CT molecular complexity index is 2370. The van der Waals surface area contributed by atoms with Crippen LogP contribution < -0.4 is 0 Å². The summed E-state index contributed by atoms with van der Waals surface area (Å²) in [4.78, 5) is 5.34. The number of para-hydroxylation sites is 2. The van der Waals surface area contributed by atoms with E-state index in [-0.39, 0.29) is 0 Å². The SMILES string of the molecule is c1ccc2c(c1)sc1cccc(-n3c4ccccc4c4nc5c6ccccc6c6ccccc6n5c43)c12. The third-order valence-electron chi connectivity index (χ3n) is 7.69. The smallest absolute Gasteiger partial charge is 0.151 e. The molecule has 0 aliphatic carbocycles. The normalized spacial score (nSPS) is 12.3. The zero-order valence-corrected chi connectivity index (χ0v) is 20.5. The first-order chi connectivity index (χ1) is 18.4. The molecule has 9 rings (SSSR count). The van der Waals surface area contributed by atoms with Crippen molar-refractivity contribution in [2.45, 2.75) is 0 Å². The number of nitrogens with zero attached hydrogens (tertiary/aromatic N) is 3. The Morgan fingerprint density at radius 1 is 0.514 bits per heavy atom. The summed E-state index contributed by atoms with van der Waals surface area (Å²) in [6.45, 7) is 0. The lowest BCUT2D eigenvalue weighted by atomic mass is 10.1. The number of hydrogen-bond donors (Lipinski definition) is 0. The van der Waals surface area contributed by atoms with Crippen LogP contribution in [0.25, 0.3) is 75.2 Å². The summed E-state index contributed by atoms with van der Waals surface area (Å²) in [6, 6.07) is 41.4. The van der Waals surface area contributed by atoms with E-state index >= 15 is 0 Å². The number of fused-ring (bicyclic) bond motifs is 13. The van der Waals surface area contributed by atoms with Gasteiger partial charge in [-0.25, -0.2) is 4.98 Å². The number of rotatable bonds is 1. The van der Waals surface area contributed by atoms with Gasteiger partial charge in [0.25, 0.3) is 0 Å². The van der Waals surface area contributed by atoms with Crippen molar-refractivity contribution in [3.63, 3.8) is 0 Å². The van der Waals surface area contributed by atoms with Gasteiger partial charge < -0.3 is 0 Å². The van der Waals surface area contributed by atoms with Gasteiger partial charge in [0.15, 0.2) is 5.65 Å². The number of hydrogen-bond acceptors (Lipinski definition) is 2. The maximum absolute atomic E-state index is 5.34. The van der Waals surface area contributed by atoms with E-state index in [2.05, 4.69) is 124 Å². The molecule has 4 heterocycles. The lowest BCUT2D eigenvalue weighted by molar-refractivity contribution is 1.13. The zero-order valence-electron chi connectivity index (χ0n) is 19.7. The standard InChI is InChI=1S/C33H19N3S/c1-2-12-22-20(10-1)21-11-3-6-15-25(21)36-32(22)34-31-23-13-4-7-16-26(23)35(33(31)36)27-17-9-19-29-30(27)24-14-5-8-18-28(24)37-29/h1-19H. The quantitative estimate of drug-likeness (QED) is 0.211. The zero-order chi connectivity index (χ0) is 24.1. The highest BCUT2D eigenvalue weighted by Crippen LogP contribution is 2.42. The van der Waals surface area contributed by atoms with Crippen LogP contribution in [0.4, 0.5) is 0 Å². The molecule has 37 heavy (non-hydrogen) atoms. The van der Waals surface area contributed by atoms with Crippen LogP contribution in [0.2, 0.25) is 0 Å². The molecule has 0 aliphatic rings. The van der Waals surface area contributed by atoms with Crippen molar-refractivity contribution >= 4 is 80.9 Å². The summed E-state index contributed by atoms with van der Waals surface area (Å²) in [5.74, 6) is 0. The number of benzene rings is 5. The number of pyridine rings is 1. The van der Waals surface area contributed by atoms with E-state index in [0.717, 1.165) is 16.8 Å². The first-order valence-corrected chi connectivity index (χ1v) is 13.3. The van der Waals surface area contributed by atoms with Crippen LogP contribution in [0.3, 0.4) is 0 Å². The minimum absolute atomic E-state index is 1.00. The van der Waals surface area contributed by atoms with Gasteiger partial charge >= 0.3 is 0 Å². The Balaban J connectivity index is 1.60. The summed E-state index contributed by atoms with van der Waals surface area (Å²) in [7, 11) is 0. The van der Waals surface area contributed by atoms with Gasteiger partial charge in [0.1, 0.15) is 11.2 Å². The monoisotopic (exact) mass is 489 g/mol. The van der Waals surface area contributed by atoms with E-state index in [4.69, 9.17) is 4.98 Å². The highest BCUT2D eigenvalue weighted by Gasteiger charge is 2.22. The van der Waals surface area contributed by atoms with Crippen LogP contribution in [-0.4, -0.2) is 14.0 Å². The van der Waals surface area contributed by atoms with Gasteiger partial charge in [-0.2, -0.15) is 0 Å². The lowest BCUT2D eigenvalue weighted by Crippen LogP contribution is -1.99. The predicted molar refractivity (Wildman–Crippen MR) is 157 cm³/mol. The Hall–Kier alpha value is -4.67. The fourth-order valence-electron chi connectivity index (χ4n) is 6.19. The van der Waals surface area contributed by atoms with Crippen LogP contribution in [0.15, 0.2) is 115 Å². The molecule has 0 fully saturated rings. The van der Waals surface area contributed by atoms with E-state index in [1.165, 1.54) is 58.4 Å². The molecule has 3 nitrogen and oxygen atoms in total. The average molecular weight is 490 g/mol. The van der Waals surface area contributed by atoms with E-state index in [1.54, 1.807) is 0 Å². The van der Waals surface area contributed by atoms with Crippen molar-refractivity contribution < 1.29 is 0 Å². The fourth-order valence-corrected chi connectivity index (χ4v) is 7.31. The molecule has 5 aromatic carbocycles. The van der Waals surface area contributed by atoms with Gasteiger partial charge in [0.05, 0.1) is 16.7 Å². The molecule has 0 unspecified atom stereocenters. The largest absolute Gasteiger partial charge is 0.293 e. The van der Waals surface area contributed by atoms with Crippen molar-refractivity contribution in [3.8, 4) is 5.69 Å². The Morgan fingerprint density at radius 2 is 1.16 bits per heavy atom. The molecule has 0 saturated heterocycles. The minimum Gasteiger partial charge on any atom is -0.293 e. The number of aromatic nitrogens is 3. The predicted octanol–water partition coefficient (Wildman–Crippen LogP) is 9.11. The van der Waals surface area contributed by atoms with E-state index in [0.29, 0.717) is 0 Å². The molecular weight excluding hydrogens is 470 g/mol. The number of thiophene rings is 1. The molecule has 0 atom stereocenters. The molecule has 9 aromatic rings. The van der Waals surface area contributed by atoms with Crippen molar-refractivity contribution in [1.82, 2.24) is 14.0 Å². The van der Waals surface area contributed by atoms with Gasteiger partial charge in [-0.1, -0.05) is 84.9 Å². The molecule has 172 valence electrons. The molecule has 0 N–H and O–H groups in total. The topological polar surface area (TPSA) is 22.2 Å². The molecule has 0 radical (unpaired) electrons. The molecule has 0 amide bonds. The maximum Gasteiger partial charge on any atom is 0.151 e.